The quantitative estimate of drug-likeness (QED) is 0.765. The lowest BCUT2D eigenvalue weighted by atomic mass is 9.84. The van der Waals surface area contributed by atoms with Crippen LogP contribution in [0.1, 0.15) is 39.0 Å². The Kier molecular flexibility index (Phi) is 6.41. The van der Waals surface area contributed by atoms with Crippen molar-refractivity contribution < 1.29 is 9.53 Å². The summed E-state index contributed by atoms with van der Waals surface area (Å²) in [4.78, 5) is 29.0. The van der Waals surface area contributed by atoms with Gasteiger partial charge in [-0.2, -0.15) is 0 Å². The van der Waals surface area contributed by atoms with Gasteiger partial charge in [-0.1, -0.05) is 20.8 Å². The molecule has 0 bridgehead atoms. The summed E-state index contributed by atoms with van der Waals surface area (Å²) < 4.78 is 5.57. The molecule has 0 radical (unpaired) electrons. The molecule has 8 heteroatoms. The monoisotopic (exact) mass is 436 g/mol. The van der Waals surface area contributed by atoms with Crippen LogP contribution in [0.2, 0.25) is 0 Å². The van der Waals surface area contributed by atoms with Crippen LogP contribution in [0.5, 0.6) is 0 Å². The zero-order valence-electron chi connectivity index (χ0n) is 19.4. The second-order valence-corrected chi connectivity index (χ2v) is 9.09. The maximum atomic E-state index is 11.8. The van der Waals surface area contributed by atoms with Crippen LogP contribution in [-0.4, -0.2) is 61.1 Å². The summed E-state index contributed by atoms with van der Waals surface area (Å²) in [7, 11) is 0. The molecule has 8 nitrogen and oxygen atoms in total. The number of nitrogens with zero attached hydrogens (tertiary/aromatic N) is 4. The third kappa shape index (κ3) is 4.75. The number of aliphatic imine (C=N–C) groups is 1. The molecule has 0 spiro atoms. The SMILES string of the molecule is CCNC(=O)Nc1ccc(-c2nc3c(c(N4CCOCC4)n2)CCN=C3C(C)(C)C)cc1. The average Bonchev–Trinajstić information content (AvgIpc) is 2.78. The van der Waals surface area contributed by atoms with Crippen LogP contribution in [0.15, 0.2) is 29.3 Å². The molecule has 4 rings (SSSR count). The van der Waals surface area contributed by atoms with Crippen LogP contribution in [0.3, 0.4) is 0 Å². The molecular weight excluding hydrogens is 404 g/mol. The van der Waals surface area contributed by atoms with E-state index in [4.69, 9.17) is 19.7 Å². The van der Waals surface area contributed by atoms with E-state index < -0.39 is 0 Å². The minimum Gasteiger partial charge on any atom is -0.378 e. The Morgan fingerprint density at radius 3 is 2.50 bits per heavy atom. The Morgan fingerprint density at radius 2 is 1.84 bits per heavy atom. The minimum absolute atomic E-state index is 0.108. The standard InChI is InChI=1S/C24H32N6O2/c1-5-25-23(31)27-17-8-6-16(7-9-17)21-28-19-18(10-11-26-20(19)24(2,3)4)22(29-21)30-12-14-32-15-13-30/h6-9H,5,10-15H2,1-4H3,(H2,25,27,31). The normalized spacial score (nSPS) is 16.2. The van der Waals surface area contributed by atoms with Gasteiger partial charge in [-0.05, 0) is 37.6 Å². The highest BCUT2D eigenvalue weighted by molar-refractivity contribution is 6.05. The van der Waals surface area contributed by atoms with Crippen LogP contribution in [0, 0.1) is 5.41 Å². The first-order valence-electron chi connectivity index (χ1n) is 11.3. The largest absolute Gasteiger partial charge is 0.378 e. The van der Waals surface area contributed by atoms with E-state index in [1.807, 2.05) is 31.2 Å². The van der Waals surface area contributed by atoms with Crippen LogP contribution in [0.4, 0.5) is 16.3 Å². The van der Waals surface area contributed by atoms with E-state index in [0.29, 0.717) is 25.6 Å². The van der Waals surface area contributed by atoms with Gasteiger partial charge in [-0.25, -0.2) is 14.8 Å². The van der Waals surface area contributed by atoms with Crippen LogP contribution in [-0.2, 0) is 11.2 Å². The summed E-state index contributed by atoms with van der Waals surface area (Å²) in [6.45, 7) is 12.8. The summed E-state index contributed by atoms with van der Waals surface area (Å²) in [6, 6.07) is 7.43. The highest BCUT2D eigenvalue weighted by atomic mass is 16.5. The Bertz CT molecular complexity index is 1000. The third-order valence-electron chi connectivity index (χ3n) is 5.60. The Labute approximate surface area is 189 Å². The lowest BCUT2D eigenvalue weighted by molar-refractivity contribution is 0.122. The molecule has 0 saturated carbocycles. The lowest BCUT2D eigenvalue weighted by Crippen LogP contribution is -2.39. The first kappa shape index (κ1) is 22.2. The second-order valence-electron chi connectivity index (χ2n) is 9.09. The van der Waals surface area contributed by atoms with Crippen LogP contribution >= 0.6 is 0 Å². The number of amides is 2. The Morgan fingerprint density at radius 1 is 1.12 bits per heavy atom. The number of urea groups is 1. The summed E-state index contributed by atoms with van der Waals surface area (Å²) >= 11 is 0. The highest BCUT2D eigenvalue weighted by Crippen LogP contribution is 2.33. The zero-order valence-corrected chi connectivity index (χ0v) is 19.4. The van der Waals surface area contributed by atoms with Gasteiger partial charge in [0.25, 0.3) is 0 Å². The molecule has 0 unspecified atom stereocenters. The van der Waals surface area contributed by atoms with Crippen molar-refractivity contribution in [3.05, 3.63) is 35.5 Å². The fourth-order valence-corrected chi connectivity index (χ4v) is 4.05. The van der Waals surface area contributed by atoms with Gasteiger partial charge in [-0.3, -0.25) is 4.99 Å². The van der Waals surface area contributed by atoms with Crippen LogP contribution < -0.4 is 15.5 Å². The molecule has 1 aromatic heterocycles. The van der Waals surface area contributed by atoms with Crippen molar-refractivity contribution in [1.29, 1.82) is 0 Å². The number of fused-ring (bicyclic) bond motifs is 1. The van der Waals surface area contributed by atoms with Crippen molar-refractivity contribution in [2.75, 3.05) is 49.6 Å². The van der Waals surface area contributed by atoms with Crippen molar-refractivity contribution in [2.24, 2.45) is 10.4 Å². The molecular formula is C24H32N6O2. The number of rotatable bonds is 4. The van der Waals surface area contributed by atoms with Crippen molar-refractivity contribution in [3.8, 4) is 11.4 Å². The van der Waals surface area contributed by atoms with E-state index in [-0.39, 0.29) is 11.4 Å². The number of hydrogen-bond donors (Lipinski definition) is 2. The minimum atomic E-state index is -0.217. The molecule has 1 aromatic carbocycles. The van der Waals surface area contributed by atoms with E-state index in [1.54, 1.807) is 0 Å². The predicted octanol–water partition coefficient (Wildman–Crippen LogP) is 3.51. The zero-order chi connectivity index (χ0) is 22.7. The number of anilines is 2. The average molecular weight is 437 g/mol. The topological polar surface area (TPSA) is 91.7 Å². The molecule has 2 N–H and O–H groups in total. The van der Waals surface area contributed by atoms with Gasteiger partial charge in [0.2, 0.25) is 0 Å². The van der Waals surface area contributed by atoms with E-state index in [9.17, 15) is 4.79 Å². The molecule has 1 saturated heterocycles. The second kappa shape index (κ2) is 9.24. The number of morpholine rings is 1. The van der Waals surface area contributed by atoms with E-state index in [0.717, 1.165) is 54.5 Å². The van der Waals surface area contributed by atoms with Gasteiger partial charge >= 0.3 is 6.03 Å². The molecule has 0 atom stereocenters. The third-order valence-corrected chi connectivity index (χ3v) is 5.60. The number of carbonyl (C=O) groups is 1. The van der Waals surface area contributed by atoms with Gasteiger partial charge in [-0.15, -0.1) is 0 Å². The van der Waals surface area contributed by atoms with Crippen molar-refractivity contribution >= 4 is 23.2 Å². The van der Waals surface area contributed by atoms with E-state index >= 15 is 0 Å². The Balaban J connectivity index is 1.74. The molecule has 2 aromatic rings. The molecule has 2 aliphatic heterocycles. The highest BCUT2D eigenvalue weighted by Gasteiger charge is 2.31. The fourth-order valence-electron chi connectivity index (χ4n) is 4.05. The summed E-state index contributed by atoms with van der Waals surface area (Å²) in [5.74, 6) is 1.67. The maximum absolute atomic E-state index is 11.8. The maximum Gasteiger partial charge on any atom is 0.319 e. The lowest BCUT2D eigenvalue weighted by Gasteiger charge is -2.33. The first-order chi connectivity index (χ1) is 15.4. The fraction of sp³-hybridized carbons (Fsp3) is 0.500. The summed E-state index contributed by atoms with van der Waals surface area (Å²) in [6.07, 6.45) is 0.845. The van der Waals surface area contributed by atoms with Crippen molar-refractivity contribution in [3.63, 3.8) is 0 Å². The number of carbonyl (C=O) groups excluding carboxylic acids is 1. The molecule has 1 fully saturated rings. The summed E-state index contributed by atoms with van der Waals surface area (Å²) in [5.41, 5.74) is 4.70. The van der Waals surface area contributed by atoms with Gasteiger partial charge in [0.05, 0.1) is 24.6 Å². The molecule has 0 aliphatic carbocycles. The van der Waals surface area contributed by atoms with Gasteiger partial charge in [0.15, 0.2) is 5.82 Å². The molecule has 32 heavy (non-hydrogen) atoms. The van der Waals surface area contributed by atoms with Gasteiger partial charge in [0, 0.05) is 48.4 Å². The number of hydrogen-bond acceptors (Lipinski definition) is 6. The number of ether oxygens (including phenoxy) is 1. The predicted molar refractivity (Wildman–Crippen MR) is 128 cm³/mol. The van der Waals surface area contributed by atoms with Crippen molar-refractivity contribution in [2.45, 2.75) is 34.1 Å². The molecule has 2 aliphatic rings. The molecule has 2 amide bonds. The van der Waals surface area contributed by atoms with Crippen molar-refractivity contribution in [1.82, 2.24) is 15.3 Å². The van der Waals surface area contributed by atoms with E-state index in [1.165, 1.54) is 5.56 Å². The first-order valence-corrected chi connectivity index (χ1v) is 11.3. The van der Waals surface area contributed by atoms with E-state index in [2.05, 4.69) is 36.3 Å². The number of benzene rings is 1. The molecule has 170 valence electrons. The molecule has 3 heterocycles. The number of aromatic nitrogens is 2. The number of nitrogens with one attached hydrogen (secondary N) is 2. The van der Waals surface area contributed by atoms with Gasteiger partial charge in [0.1, 0.15) is 5.82 Å². The Hall–Kier alpha value is -3.00. The smallest absolute Gasteiger partial charge is 0.319 e. The summed E-state index contributed by atoms with van der Waals surface area (Å²) in [5, 5.41) is 5.56. The van der Waals surface area contributed by atoms with Gasteiger partial charge < -0.3 is 20.3 Å². The van der Waals surface area contributed by atoms with Crippen LogP contribution in [0.25, 0.3) is 11.4 Å².